The van der Waals surface area contributed by atoms with Crippen LogP contribution in [0.2, 0.25) is 5.02 Å². The van der Waals surface area contributed by atoms with E-state index in [1.807, 2.05) is 31.2 Å². The van der Waals surface area contributed by atoms with Gasteiger partial charge < -0.3 is 25.2 Å². The second-order valence-electron chi connectivity index (χ2n) is 6.56. The Morgan fingerprint density at radius 3 is 2.58 bits per heavy atom. The Balaban J connectivity index is 0.00000480. The summed E-state index contributed by atoms with van der Waals surface area (Å²) in [6, 6.07) is 11.9. The highest BCUT2D eigenvalue weighted by molar-refractivity contribution is 14.0. The summed E-state index contributed by atoms with van der Waals surface area (Å²) in [4.78, 5) is 4.57. The molecule has 9 heteroatoms. The molecule has 2 aromatic rings. The van der Waals surface area contributed by atoms with Gasteiger partial charge in [-0.25, -0.2) is 9.38 Å². The average molecular weight is 566 g/mol. The van der Waals surface area contributed by atoms with Gasteiger partial charge in [0.1, 0.15) is 11.6 Å². The van der Waals surface area contributed by atoms with Gasteiger partial charge in [0.2, 0.25) is 0 Å². The molecular weight excluding hydrogens is 536 g/mol. The van der Waals surface area contributed by atoms with Crippen LogP contribution in [0.15, 0.2) is 47.5 Å². The second kappa shape index (κ2) is 15.2. The van der Waals surface area contributed by atoms with Gasteiger partial charge in [-0.2, -0.15) is 0 Å². The highest BCUT2D eigenvalue weighted by atomic mass is 127. The Bertz CT molecular complexity index is 809. The van der Waals surface area contributed by atoms with Crippen molar-refractivity contribution >= 4 is 41.5 Å². The van der Waals surface area contributed by atoms with E-state index < -0.39 is 11.9 Å². The van der Waals surface area contributed by atoms with Gasteiger partial charge in [0.15, 0.2) is 5.96 Å². The molecule has 0 radical (unpaired) electrons. The summed E-state index contributed by atoms with van der Waals surface area (Å²) < 4.78 is 24.2. The van der Waals surface area contributed by atoms with Crippen molar-refractivity contribution in [1.82, 2.24) is 10.6 Å². The fourth-order valence-corrected chi connectivity index (χ4v) is 2.75. The van der Waals surface area contributed by atoms with Gasteiger partial charge in [-0.1, -0.05) is 29.8 Å². The van der Waals surface area contributed by atoms with E-state index in [4.69, 9.17) is 21.1 Å². The van der Waals surface area contributed by atoms with Gasteiger partial charge in [0.25, 0.3) is 0 Å². The van der Waals surface area contributed by atoms with Crippen molar-refractivity contribution in [2.75, 3.05) is 33.4 Å². The number of benzene rings is 2. The largest absolute Gasteiger partial charge is 0.497 e. The standard InChI is InChI=1S/C22H29ClFN3O3.HI/c1-3-30-12-4-11-25-22(26-14-16-5-8-18(29-2)9-6-16)27-15-21(28)17-7-10-19(23)20(24)13-17;/h5-10,13,21,28H,3-4,11-12,14-15H2,1-2H3,(H2,25,26,27);1H. The Morgan fingerprint density at radius 1 is 1.19 bits per heavy atom. The topological polar surface area (TPSA) is 75.1 Å². The predicted molar refractivity (Wildman–Crippen MR) is 133 cm³/mol. The van der Waals surface area contributed by atoms with Crippen LogP contribution >= 0.6 is 35.6 Å². The van der Waals surface area contributed by atoms with Crippen molar-refractivity contribution in [1.29, 1.82) is 0 Å². The smallest absolute Gasteiger partial charge is 0.191 e. The lowest BCUT2D eigenvalue weighted by Gasteiger charge is -2.16. The normalized spacial score (nSPS) is 12.1. The van der Waals surface area contributed by atoms with Crippen molar-refractivity contribution in [2.45, 2.75) is 26.0 Å². The summed E-state index contributed by atoms with van der Waals surface area (Å²) in [5.74, 6) is 0.778. The van der Waals surface area contributed by atoms with Crippen LogP contribution in [-0.2, 0) is 11.3 Å². The van der Waals surface area contributed by atoms with Crippen LogP contribution in [0.5, 0.6) is 5.75 Å². The number of methoxy groups -OCH3 is 1. The van der Waals surface area contributed by atoms with Crippen LogP contribution in [0, 0.1) is 5.82 Å². The van der Waals surface area contributed by atoms with E-state index in [1.165, 1.54) is 12.1 Å². The first kappa shape index (κ1) is 27.4. The lowest BCUT2D eigenvalue weighted by molar-refractivity contribution is 0.145. The van der Waals surface area contributed by atoms with Crippen molar-refractivity contribution in [3.05, 3.63) is 64.4 Å². The number of rotatable bonds is 11. The van der Waals surface area contributed by atoms with Crippen LogP contribution in [0.3, 0.4) is 0 Å². The molecule has 0 aliphatic carbocycles. The maximum Gasteiger partial charge on any atom is 0.191 e. The molecule has 3 N–H and O–H groups in total. The molecular formula is C22H30ClFIN3O3. The van der Waals surface area contributed by atoms with Gasteiger partial charge in [-0.15, -0.1) is 24.0 Å². The fraction of sp³-hybridized carbons (Fsp3) is 0.409. The zero-order valence-electron chi connectivity index (χ0n) is 17.7. The predicted octanol–water partition coefficient (Wildman–Crippen LogP) is 4.30. The molecule has 0 aliphatic rings. The molecule has 1 atom stereocenters. The van der Waals surface area contributed by atoms with Gasteiger partial charge in [0, 0.05) is 26.3 Å². The number of ether oxygens (including phenoxy) is 2. The number of halogens is 3. The molecule has 0 aliphatic heterocycles. The van der Waals surface area contributed by atoms with Gasteiger partial charge in [-0.3, -0.25) is 0 Å². The number of hydrogen-bond donors (Lipinski definition) is 3. The summed E-state index contributed by atoms with van der Waals surface area (Å²) >= 11 is 5.71. The zero-order chi connectivity index (χ0) is 21.8. The number of aliphatic hydroxyl groups excluding tert-OH is 1. The third-order valence-corrected chi connectivity index (χ3v) is 4.64. The molecule has 0 saturated carbocycles. The maximum absolute atomic E-state index is 13.6. The molecule has 0 fully saturated rings. The van der Waals surface area contributed by atoms with Crippen molar-refractivity contribution in [3.8, 4) is 5.75 Å². The monoisotopic (exact) mass is 565 g/mol. The minimum Gasteiger partial charge on any atom is -0.497 e. The van der Waals surface area contributed by atoms with Crippen LogP contribution in [0.4, 0.5) is 4.39 Å². The molecule has 2 rings (SSSR count). The van der Waals surface area contributed by atoms with E-state index in [0.717, 1.165) is 17.7 Å². The molecule has 172 valence electrons. The lowest BCUT2D eigenvalue weighted by atomic mass is 10.1. The third kappa shape index (κ3) is 10.0. The Kier molecular flexibility index (Phi) is 13.5. The van der Waals surface area contributed by atoms with E-state index in [0.29, 0.717) is 37.8 Å². The number of hydrogen-bond acceptors (Lipinski definition) is 4. The first-order valence-electron chi connectivity index (χ1n) is 9.89. The molecule has 0 bridgehead atoms. The molecule has 31 heavy (non-hydrogen) atoms. The average Bonchev–Trinajstić information content (AvgIpc) is 2.76. The van der Waals surface area contributed by atoms with Gasteiger partial charge >= 0.3 is 0 Å². The van der Waals surface area contributed by atoms with E-state index in [1.54, 1.807) is 13.2 Å². The van der Waals surface area contributed by atoms with E-state index in [2.05, 4.69) is 15.6 Å². The molecule has 6 nitrogen and oxygen atoms in total. The summed E-state index contributed by atoms with van der Waals surface area (Å²) in [7, 11) is 1.62. The number of nitrogens with one attached hydrogen (secondary N) is 2. The van der Waals surface area contributed by atoms with E-state index >= 15 is 0 Å². The van der Waals surface area contributed by atoms with Crippen LogP contribution in [0.25, 0.3) is 0 Å². The first-order chi connectivity index (χ1) is 14.5. The molecule has 0 heterocycles. The number of aliphatic hydroxyl groups is 1. The summed E-state index contributed by atoms with van der Waals surface area (Å²) in [5.41, 5.74) is 1.46. The molecule has 0 spiro atoms. The molecule has 0 aromatic heterocycles. The maximum atomic E-state index is 13.6. The van der Waals surface area contributed by atoms with E-state index in [9.17, 15) is 9.50 Å². The van der Waals surface area contributed by atoms with Crippen molar-refractivity contribution in [2.24, 2.45) is 4.99 Å². The molecule has 0 saturated heterocycles. The van der Waals surface area contributed by atoms with Crippen molar-refractivity contribution < 1.29 is 19.0 Å². The SMILES string of the molecule is CCOCCCNC(=NCc1ccc(OC)cc1)NCC(O)c1ccc(Cl)c(F)c1.I. The summed E-state index contributed by atoms with van der Waals surface area (Å²) in [5, 5.41) is 16.7. The quantitative estimate of drug-likeness (QED) is 0.164. The van der Waals surface area contributed by atoms with E-state index in [-0.39, 0.29) is 35.5 Å². The van der Waals surface area contributed by atoms with Crippen LogP contribution in [0.1, 0.15) is 30.6 Å². The minimum atomic E-state index is -0.909. The van der Waals surface area contributed by atoms with Crippen molar-refractivity contribution in [3.63, 3.8) is 0 Å². The van der Waals surface area contributed by atoms with Crippen LogP contribution in [-0.4, -0.2) is 44.5 Å². The number of nitrogens with zero attached hydrogens (tertiary/aromatic N) is 1. The Labute approximate surface area is 205 Å². The Morgan fingerprint density at radius 2 is 1.94 bits per heavy atom. The zero-order valence-corrected chi connectivity index (χ0v) is 20.8. The molecule has 1 unspecified atom stereocenters. The molecule has 2 aromatic carbocycles. The Hall–Kier alpha value is -1.62. The number of guanidine groups is 1. The minimum absolute atomic E-state index is 0. The fourth-order valence-electron chi connectivity index (χ4n) is 2.63. The third-order valence-electron chi connectivity index (χ3n) is 4.33. The van der Waals surface area contributed by atoms with Gasteiger partial charge in [-0.05, 0) is 48.7 Å². The van der Waals surface area contributed by atoms with Crippen LogP contribution < -0.4 is 15.4 Å². The highest BCUT2D eigenvalue weighted by Gasteiger charge is 2.11. The molecule has 0 amide bonds. The summed E-state index contributed by atoms with van der Waals surface area (Å²) in [6.45, 7) is 4.58. The summed E-state index contributed by atoms with van der Waals surface area (Å²) in [6.07, 6.45) is -0.0876. The van der Waals surface area contributed by atoms with Gasteiger partial charge in [0.05, 0.1) is 24.8 Å². The first-order valence-corrected chi connectivity index (χ1v) is 10.3. The second-order valence-corrected chi connectivity index (χ2v) is 6.97. The highest BCUT2D eigenvalue weighted by Crippen LogP contribution is 2.20. The number of aliphatic imine (C=N–C) groups is 1. The lowest BCUT2D eigenvalue weighted by Crippen LogP contribution is -2.40.